The van der Waals surface area contributed by atoms with E-state index in [2.05, 4.69) is 0 Å². The molecule has 0 unspecified atom stereocenters. The Kier molecular flexibility index (Phi) is 3.14. The largest absolute Gasteiger partial charge is 0.507 e. The molecule has 2 N–H and O–H groups in total. The van der Waals surface area contributed by atoms with E-state index in [0.29, 0.717) is 11.1 Å². The van der Waals surface area contributed by atoms with Gasteiger partial charge >= 0.3 is 5.97 Å². The van der Waals surface area contributed by atoms with Gasteiger partial charge in [0.15, 0.2) is 0 Å². The van der Waals surface area contributed by atoms with Gasteiger partial charge in [0.05, 0.1) is 13.7 Å². The van der Waals surface area contributed by atoms with E-state index in [4.69, 9.17) is 14.2 Å². The van der Waals surface area contributed by atoms with Crippen molar-refractivity contribution in [3.05, 3.63) is 22.3 Å². The number of aliphatic hydroxyl groups excluding tert-OH is 1. The summed E-state index contributed by atoms with van der Waals surface area (Å²) >= 11 is 0. The molecule has 98 valence electrons. The zero-order valence-electron chi connectivity index (χ0n) is 10.3. The molecule has 6 heteroatoms. The normalized spacial score (nSPS) is 17.6. The minimum atomic E-state index is -1.40. The molecule has 0 saturated heterocycles. The SMILES string of the molecule is COCc1c(O)c(C)c(OC)c2c1[C@H](O)OC2=O. The number of phenols is 1. The third-order valence-corrected chi connectivity index (χ3v) is 2.97. The summed E-state index contributed by atoms with van der Waals surface area (Å²) < 4.78 is 14.8. The minimum absolute atomic E-state index is 0.0622. The van der Waals surface area contributed by atoms with Gasteiger partial charge in [0.2, 0.25) is 6.29 Å². The third-order valence-electron chi connectivity index (χ3n) is 2.97. The lowest BCUT2D eigenvalue weighted by Crippen LogP contribution is -2.05. The van der Waals surface area contributed by atoms with Gasteiger partial charge in [0.1, 0.15) is 17.1 Å². The second-order valence-electron chi connectivity index (χ2n) is 3.96. The molecule has 0 saturated carbocycles. The summed E-state index contributed by atoms with van der Waals surface area (Å²) in [5, 5.41) is 19.8. The second kappa shape index (κ2) is 4.47. The standard InChI is InChI=1S/C12H14O6/c1-5-9(13)6(4-16-2)7-8(10(5)17-3)12(15)18-11(7)14/h11,13-14H,4H2,1-3H3/t11-/m1/s1. The Labute approximate surface area is 104 Å². The van der Waals surface area contributed by atoms with Crippen molar-refractivity contribution in [2.45, 2.75) is 19.8 Å². The van der Waals surface area contributed by atoms with Crippen LogP contribution in [0.15, 0.2) is 0 Å². The number of carbonyl (C=O) groups is 1. The van der Waals surface area contributed by atoms with Crippen LogP contribution < -0.4 is 4.74 Å². The second-order valence-corrected chi connectivity index (χ2v) is 3.96. The van der Waals surface area contributed by atoms with Crippen molar-refractivity contribution in [1.29, 1.82) is 0 Å². The average Bonchev–Trinajstić information content (AvgIpc) is 2.61. The smallest absolute Gasteiger partial charge is 0.345 e. The van der Waals surface area contributed by atoms with Gasteiger partial charge in [0.25, 0.3) is 0 Å². The minimum Gasteiger partial charge on any atom is -0.507 e. The van der Waals surface area contributed by atoms with Crippen LogP contribution >= 0.6 is 0 Å². The highest BCUT2D eigenvalue weighted by molar-refractivity contribution is 5.98. The molecule has 0 radical (unpaired) electrons. The number of ether oxygens (including phenoxy) is 3. The van der Waals surface area contributed by atoms with Crippen molar-refractivity contribution < 1.29 is 29.2 Å². The van der Waals surface area contributed by atoms with Crippen molar-refractivity contribution in [1.82, 2.24) is 0 Å². The fourth-order valence-electron chi connectivity index (χ4n) is 2.16. The molecule has 1 aromatic carbocycles. The zero-order valence-corrected chi connectivity index (χ0v) is 10.3. The van der Waals surface area contributed by atoms with Crippen LogP contribution in [-0.4, -0.2) is 30.4 Å². The van der Waals surface area contributed by atoms with Gasteiger partial charge in [-0.1, -0.05) is 0 Å². The number of aromatic hydroxyl groups is 1. The van der Waals surface area contributed by atoms with Gasteiger partial charge < -0.3 is 24.4 Å². The maximum absolute atomic E-state index is 11.7. The Balaban J connectivity index is 2.79. The van der Waals surface area contributed by atoms with Gasteiger partial charge in [-0.15, -0.1) is 0 Å². The number of carbonyl (C=O) groups excluding carboxylic acids is 1. The lowest BCUT2D eigenvalue weighted by atomic mass is 9.96. The van der Waals surface area contributed by atoms with Gasteiger partial charge in [-0.25, -0.2) is 4.79 Å². The molecule has 1 aliphatic rings. The van der Waals surface area contributed by atoms with Crippen molar-refractivity contribution in [2.24, 2.45) is 0 Å². The predicted molar refractivity (Wildman–Crippen MR) is 60.5 cm³/mol. The van der Waals surface area contributed by atoms with Gasteiger partial charge in [0, 0.05) is 23.8 Å². The first-order chi connectivity index (χ1) is 8.52. The highest BCUT2D eigenvalue weighted by atomic mass is 16.6. The Bertz CT molecular complexity index is 508. The number of rotatable bonds is 3. The van der Waals surface area contributed by atoms with Crippen LogP contribution in [0.4, 0.5) is 0 Å². The average molecular weight is 254 g/mol. The predicted octanol–water partition coefficient (Wildman–Crippen LogP) is 1.02. The van der Waals surface area contributed by atoms with E-state index in [-0.39, 0.29) is 29.2 Å². The van der Waals surface area contributed by atoms with Crippen molar-refractivity contribution in [3.63, 3.8) is 0 Å². The lowest BCUT2D eigenvalue weighted by molar-refractivity contribution is -0.0557. The number of benzene rings is 1. The molecule has 6 nitrogen and oxygen atoms in total. The molecule has 1 heterocycles. The monoisotopic (exact) mass is 254 g/mol. The van der Waals surface area contributed by atoms with E-state index >= 15 is 0 Å². The van der Waals surface area contributed by atoms with Crippen LogP contribution in [0.1, 0.15) is 33.3 Å². The van der Waals surface area contributed by atoms with E-state index in [1.807, 2.05) is 0 Å². The van der Waals surface area contributed by atoms with Gasteiger partial charge in [-0.3, -0.25) is 0 Å². The van der Waals surface area contributed by atoms with Crippen LogP contribution in [0.3, 0.4) is 0 Å². The molecule has 1 aliphatic heterocycles. The van der Waals surface area contributed by atoms with E-state index in [1.54, 1.807) is 6.92 Å². The maximum atomic E-state index is 11.7. The topological polar surface area (TPSA) is 85.2 Å². The molecule has 0 amide bonds. The molecule has 0 bridgehead atoms. The molecule has 0 aromatic heterocycles. The number of methoxy groups -OCH3 is 2. The molecule has 0 aliphatic carbocycles. The Morgan fingerprint density at radius 2 is 2.06 bits per heavy atom. The zero-order chi connectivity index (χ0) is 13.4. The number of aliphatic hydroxyl groups is 1. The first-order valence-electron chi connectivity index (χ1n) is 5.33. The summed E-state index contributed by atoms with van der Waals surface area (Å²) in [6.45, 7) is 1.68. The summed E-state index contributed by atoms with van der Waals surface area (Å²) in [4.78, 5) is 11.7. The fourth-order valence-corrected chi connectivity index (χ4v) is 2.16. The summed E-state index contributed by atoms with van der Waals surface area (Å²) in [5.41, 5.74) is 1.10. The van der Waals surface area contributed by atoms with Crippen LogP contribution in [-0.2, 0) is 16.1 Å². The molecular weight excluding hydrogens is 240 g/mol. The van der Waals surface area contributed by atoms with Crippen molar-refractivity contribution in [3.8, 4) is 11.5 Å². The third kappa shape index (κ3) is 1.61. The molecule has 0 fully saturated rings. The number of cyclic esters (lactones) is 1. The quantitative estimate of drug-likeness (QED) is 0.783. The fraction of sp³-hybridized carbons (Fsp3) is 0.417. The highest BCUT2D eigenvalue weighted by Gasteiger charge is 2.38. The maximum Gasteiger partial charge on any atom is 0.345 e. The van der Waals surface area contributed by atoms with Crippen LogP contribution in [0.25, 0.3) is 0 Å². The summed E-state index contributed by atoms with van der Waals surface area (Å²) in [6.07, 6.45) is -1.40. The number of hydrogen-bond acceptors (Lipinski definition) is 6. The van der Waals surface area contributed by atoms with Crippen LogP contribution in [0.2, 0.25) is 0 Å². The van der Waals surface area contributed by atoms with Crippen LogP contribution in [0, 0.1) is 6.92 Å². The first kappa shape index (κ1) is 12.7. The highest BCUT2D eigenvalue weighted by Crippen LogP contribution is 2.45. The molecule has 0 spiro atoms. The van der Waals surface area contributed by atoms with Crippen molar-refractivity contribution in [2.75, 3.05) is 14.2 Å². The first-order valence-corrected chi connectivity index (χ1v) is 5.33. The summed E-state index contributed by atoms with van der Waals surface area (Å²) in [7, 11) is 2.84. The molecular formula is C12H14O6. The number of esters is 1. The van der Waals surface area contributed by atoms with Gasteiger partial charge in [-0.2, -0.15) is 0 Å². The Hall–Kier alpha value is -1.79. The summed E-state index contributed by atoms with van der Waals surface area (Å²) in [6, 6.07) is 0. The molecule has 2 rings (SSSR count). The van der Waals surface area contributed by atoms with E-state index < -0.39 is 12.3 Å². The molecule has 1 atom stereocenters. The van der Waals surface area contributed by atoms with E-state index in [1.165, 1.54) is 14.2 Å². The van der Waals surface area contributed by atoms with E-state index in [9.17, 15) is 15.0 Å². The van der Waals surface area contributed by atoms with Crippen molar-refractivity contribution >= 4 is 5.97 Å². The lowest BCUT2D eigenvalue weighted by Gasteiger charge is -2.16. The Morgan fingerprint density at radius 1 is 1.39 bits per heavy atom. The number of fused-ring (bicyclic) bond motifs is 1. The van der Waals surface area contributed by atoms with Gasteiger partial charge in [-0.05, 0) is 6.92 Å². The molecule has 1 aromatic rings. The van der Waals surface area contributed by atoms with Crippen LogP contribution in [0.5, 0.6) is 11.5 Å². The van der Waals surface area contributed by atoms with E-state index in [0.717, 1.165) is 0 Å². The number of phenolic OH excluding ortho intramolecular Hbond substituents is 1. The summed E-state index contributed by atoms with van der Waals surface area (Å²) in [5.74, 6) is -0.525. The Morgan fingerprint density at radius 3 is 2.61 bits per heavy atom. The number of hydrogen-bond donors (Lipinski definition) is 2. The molecule has 18 heavy (non-hydrogen) atoms.